The first-order valence-electron chi connectivity index (χ1n) is 12.3. The van der Waals surface area contributed by atoms with Gasteiger partial charge in [-0.25, -0.2) is 4.39 Å². The predicted molar refractivity (Wildman–Crippen MR) is 156 cm³/mol. The Morgan fingerprint density at radius 3 is 2.40 bits per heavy atom. The number of para-hydroxylation sites is 1. The summed E-state index contributed by atoms with van der Waals surface area (Å²) in [6.07, 6.45) is 0.510. The predicted octanol–water partition coefficient (Wildman–Crippen LogP) is 4.64. The number of halogens is 1. The van der Waals surface area contributed by atoms with Gasteiger partial charge in [0.1, 0.15) is 16.7 Å². The molecule has 0 spiro atoms. The molecule has 0 saturated carbocycles. The lowest BCUT2D eigenvalue weighted by molar-refractivity contribution is -0.122. The van der Waals surface area contributed by atoms with Crippen LogP contribution in [0.15, 0.2) is 71.6 Å². The minimum Gasteiger partial charge on any atom is -0.493 e. The van der Waals surface area contributed by atoms with Crippen molar-refractivity contribution in [3.63, 3.8) is 0 Å². The zero-order chi connectivity index (χ0) is 28.4. The van der Waals surface area contributed by atoms with Crippen molar-refractivity contribution in [2.45, 2.75) is 6.42 Å². The second kappa shape index (κ2) is 11.5. The number of benzene rings is 3. The second-order valence-corrected chi connectivity index (χ2v) is 10.6. The third-order valence-electron chi connectivity index (χ3n) is 6.50. The van der Waals surface area contributed by atoms with Gasteiger partial charge in [0.05, 0.1) is 30.4 Å². The Morgan fingerprint density at radius 2 is 1.68 bits per heavy atom. The Balaban J connectivity index is 1.36. The molecule has 0 aliphatic carbocycles. The molecule has 1 N–H and O–H groups in total. The number of carbonyl (C=O) groups is 3. The van der Waals surface area contributed by atoms with E-state index >= 15 is 0 Å². The molecule has 0 unspecified atom stereocenters. The summed E-state index contributed by atoms with van der Waals surface area (Å²) < 4.78 is 24.2. The second-order valence-electron chi connectivity index (χ2n) is 8.93. The highest BCUT2D eigenvalue weighted by Crippen LogP contribution is 2.44. The standard InChI is InChI=1S/C29H24FN3O5S2/c1-37-22-12-7-17(15-23(22)38-2)13-14-32-28(36)26(40-29(32)39)25-20-5-3-4-6-21(20)33(27(25)35)16-24(34)31-19-10-8-18(30)9-11-19/h3-12,15H,13-14,16H2,1-2H3,(H,31,34)/b26-25-. The van der Waals surface area contributed by atoms with Crippen LogP contribution >= 0.6 is 24.0 Å². The Labute approximate surface area is 239 Å². The molecular formula is C29H24FN3O5S2. The molecule has 2 heterocycles. The number of thioether (sulfide) groups is 1. The van der Waals surface area contributed by atoms with Crippen LogP contribution < -0.4 is 19.7 Å². The van der Waals surface area contributed by atoms with Gasteiger partial charge in [-0.1, -0.05) is 48.2 Å². The summed E-state index contributed by atoms with van der Waals surface area (Å²) in [6.45, 7) is 0.0346. The number of ether oxygens (including phenoxy) is 2. The maximum absolute atomic E-state index is 13.6. The van der Waals surface area contributed by atoms with Crippen LogP contribution in [0.1, 0.15) is 11.1 Å². The van der Waals surface area contributed by atoms with Crippen molar-refractivity contribution in [2.75, 3.05) is 37.5 Å². The van der Waals surface area contributed by atoms with Gasteiger partial charge in [-0.15, -0.1) is 0 Å². The molecule has 40 heavy (non-hydrogen) atoms. The highest BCUT2D eigenvalue weighted by molar-refractivity contribution is 8.26. The van der Waals surface area contributed by atoms with Gasteiger partial charge in [-0.05, 0) is 54.4 Å². The Hall–Kier alpha value is -4.22. The molecule has 0 atom stereocenters. The van der Waals surface area contributed by atoms with E-state index in [1.807, 2.05) is 12.1 Å². The van der Waals surface area contributed by atoms with Gasteiger partial charge in [0.15, 0.2) is 11.5 Å². The number of nitrogens with zero attached hydrogens (tertiary/aromatic N) is 2. The fraction of sp³-hybridized carbons (Fsp3) is 0.172. The number of rotatable bonds is 8. The maximum Gasteiger partial charge on any atom is 0.267 e. The van der Waals surface area contributed by atoms with E-state index in [1.54, 1.807) is 44.6 Å². The van der Waals surface area contributed by atoms with E-state index < -0.39 is 17.6 Å². The fourth-order valence-corrected chi connectivity index (χ4v) is 5.93. The van der Waals surface area contributed by atoms with Crippen molar-refractivity contribution >= 4 is 63.0 Å². The minimum atomic E-state index is -0.462. The van der Waals surface area contributed by atoms with E-state index in [1.165, 1.54) is 34.1 Å². The molecule has 2 aliphatic heterocycles. The van der Waals surface area contributed by atoms with Crippen molar-refractivity contribution < 1.29 is 28.2 Å². The van der Waals surface area contributed by atoms with Crippen LogP contribution in [0, 0.1) is 5.82 Å². The van der Waals surface area contributed by atoms with E-state index in [-0.39, 0.29) is 22.9 Å². The third kappa shape index (κ3) is 5.30. The molecule has 1 saturated heterocycles. The Morgan fingerprint density at radius 1 is 0.950 bits per heavy atom. The highest BCUT2D eigenvalue weighted by atomic mass is 32.2. The topological polar surface area (TPSA) is 88.2 Å². The van der Waals surface area contributed by atoms with Gasteiger partial charge in [-0.2, -0.15) is 0 Å². The molecule has 204 valence electrons. The monoisotopic (exact) mass is 577 g/mol. The van der Waals surface area contributed by atoms with Crippen molar-refractivity contribution in [1.82, 2.24) is 4.90 Å². The largest absolute Gasteiger partial charge is 0.493 e. The lowest BCUT2D eigenvalue weighted by Gasteiger charge is -2.17. The summed E-state index contributed by atoms with van der Waals surface area (Å²) in [5, 5.41) is 2.67. The lowest BCUT2D eigenvalue weighted by Crippen LogP contribution is -2.35. The van der Waals surface area contributed by atoms with Gasteiger partial charge in [0, 0.05) is 17.8 Å². The zero-order valence-corrected chi connectivity index (χ0v) is 23.2. The number of thiocarbonyl (C=S) groups is 1. The molecule has 1 fully saturated rings. The summed E-state index contributed by atoms with van der Waals surface area (Å²) in [5.41, 5.74) is 2.63. The van der Waals surface area contributed by atoms with Crippen molar-refractivity contribution in [2.24, 2.45) is 0 Å². The third-order valence-corrected chi connectivity index (χ3v) is 7.95. The normalized spacial score (nSPS) is 16.4. The van der Waals surface area contributed by atoms with Gasteiger partial charge in [0.2, 0.25) is 5.91 Å². The Kier molecular flexibility index (Phi) is 7.85. The molecule has 3 aromatic carbocycles. The van der Waals surface area contributed by atoms with E-state index in [4.69, 9.17) is 21.7 Å². The van der Waals surface area contributed by atoms with E-state index in [9.17, 15) is 18.8 Å². The van der Waals surface area contributed by atoms with Crippen LogP contribution in [0.3, 0.4) is 0 Å². The number of fused-ring (bicyclic) bond motifs is 1. The first-order chi connectivity index (χ1) is 19.3. The molecule has 8 nitrogen and oxygen atoms in total. The van der Waals surface area contributed by atoms with Crippen LogP contribution in [0.2, 0.25) is 0 Å². The average molecular weight is 578 g/mol. The van der Waals surface area contributed by atoms with E-state index in [0.717, 1.165) is 17.3 Å². The van der Waals surface area contributed by atoms with Crippen LogP contribution in [0.5, 0.6) is 11.5 Å². The molecule has 0 radical (unpaired) electrons. The summed E-state index contributed by atoms with van der Waals surface area (Å²) >= 11 is 6.61. The smallest absolute Gasteiger partial charge is 0.267 e. The molecule has 0 aromatic heterocycles. The van der Waals surface area contributed by atoms with E-state index in [0.29, 0.717) is 45.7 Å². The van der Waals surface area contributed by atoms with Crippen molar-refractivity contribution in [1.29, 1.82) is 0 Å². The summed E-state index contributed by atoms with van der Waals surface area (Å²) in [6, 6.07) is 17.9. The van der Waals surface area contributed by atoms with Crippen LogP contribution in [0.25, 0.3) is 5.57 Å². The van der Waals surface area contributed by atoms with Gasteiger partial charge in [0.25, 0.3) is 11.8 Å². The van der Waals surface area contributed by atoms with Crippen LogP contribution in [-0.2, 0) is 20.8 Å². The number of hydrogen-bond acceptors (Lipinski definition) is 7. The van der Waals surface area contributed by atoms with Crippen LogP contribution in [-0.4, -0.2) is 54.3 Å². The number of carbonyl (C=O) groups excluding carboxylic acids is 3. The number of methoxy groups -OCH3 is 2. The molecule has 2 aliphatic rings. The average Bonchev–Trinajstić information content (AvgIpc) is 3.39. The molecule has 5 rings (SSSR count). The Bertz CT molecular complexity index is 1560. The van der Waals surface area contributed by atoms with Gasteiger partial charge < -0.3 is 14.8 Å². The molecular weight excluding hydrogens is 553 g/mol. The summed E-state index contributed by atoms with van der Waals surface area (Å²) in [7, 11) is 3.12. The zero-order valence-electron chi connectivity index (χ0n) is 21.6. The first kappa shape index (κ1) is 27.4. The van der Waals surface area contributed by atoms with Gasteiger partial charge in [-0.3, -0.25) is 24.2 Å². The number of hydrogen-bond donors (Lipinski definition) is 1. The van der Waals surface area contributed by atoms with E-state index in [2.05, 4.69) is 5.32 Å². The number of amides is 3. The SMILES string of the molecule is COc1ccc(CCN2C(=O)/C(=C3/C(=O)N(CC(=O)Nc4ccc(F)cc4)c4ccccc43)SC2=S)cc1OC. The molecule has 3 aromatic rings. The summed E-state index contributed by atoms with van der Waals surface area (Å²) in [5.74, 6) is -0.506. The minimum absolute atomic E-state index is 0.219. The van der Waals surface area contributed by atoms with Crippen molar-refractivity contribution in [3.05, 3.63) is 88.6 Å². The quantitative estimate of drug-likeness (QED) is 0.308. The van der Waals surface area contributed by atoms with Crippen LogP contribution in [0.4, 0.5) is 15.8 Å². The molecule has 11 heteroatoms. The summed E-state index contributed by atoms with van der Waals surface area (Å²) in [4.78, 5) is 43.0. The molecule has 3 amide bonds. The maximum atomic E-state index is 13.6. The molecule has 0 bridgehead atoms. The van der Waals surface area contributed by atoms with Gasteiger partial charge >= 0.3 is 0 Å². The number of anilines is 2. The lowest BCUT2D eigenvalue weighted by atomic mass is 10.1. The first-order valence-corrected chi connectivity index (χ1v) is 13.5. The number of nitrogens with one attached hydrogen (secondary N) is 1. The van der Waals surface area contributed by atoms with Crippen molar-refractivity contribution in [3.8, 4) is 11.5 Å². The fourth-order valence-electron chi connectivity index (χ4n) is 4.55. The highest BCUT2D eigenvalue weighted by Gasteiger charge is 2.42.